The van der Waals surface area contributed by atoms with Gasteiger partial charge in [-0.25, -0.2) is 0 Å². The molecule has 1 saturated heterocycles. The molecule has 3 aromatic rings. The number of carbonyl (C=O) groups is 2. The third-order valence-corrected chi connectivity index (χ3v) is 6.27. The van der Waals surface area contributed by atoms with Crippen molar-refractivity contribution in [3.63, 3.8) is 0 Å². The topological polar surface area (TPSA) is 69.9 Å². The van der Waals surface area contributed by atoms with Crippen molar-refractivity contribution in [2.45, 2.75) is 19.0 Å². The predicted molar refractivity (Wildman–Crippen MR) is 119 cm³/mol. The Morgan fingerprint density at radius 1 is 0.938 bits per heavy atom. The third kappa shape index (κ3) is 4.16. The molecule has 32 heavy (non-hydrogen) atoms. The molecule has 1 atom stereocenters. The van der Waals surface area contributed by atoms with Crippen LogP contribution < -0.4 is 0 Å². The van der Waals surface area contributed by atoms with Crippen molar-refractivity contribution in [3.8, 4) is 0 Å². The van der Waals surface area contributed by atoms with E-state index < -0.39 is 5.92 Å². The molecule has 2 aromatic heterocycles. The standard InChI is InChI=1S/C25H26N4O3/c30-24(28-13-11-27(12-14-28)16-19-6-2-1-3-7-19)21-18-29(25(31)22-9-5-15-32-22)17-20-8-4-10-26-23(20)21/h1-10,15,21H,11-14,16-18H2. The van der Waals surface area contributed by atoms with Crippen LogP contribution in [-0.2, 0) is 17.9 Å². The van der Waals surface area contributed by atoms with E-state index in [4.69, 9.17) is 4.42 Å². The van der Waals surface area contributed by atoms with Gasteiger partial charge in [0.15, 0.2) is 5.76 Å². The fourth-order valence-corrected chi connectivity index (χ4v) is 4.57. The Balaban J connectivity index is 1.29. The normalized spacial score (nSPS) is 18.9. The molecule has 164 valence electrons. The zero-order valence-corrected chi connectivity index (χ0v) is 17.9. The zero-order valence-electron chi connectivity index (χ0n) is 17.9. The van der Waals surface area contributed by atoms with Crippen molar-refractivity contribution >= 4 is 11.8 Å². The number of aromatic nitrogens is 1. The molecule has 4 heterocycles. The van der Waals surface area contributed by atoms with Crippen molar-refractivity contribution in [2.75, 3.05) is 32.7 Å². The Morgan fingerprint density at radius 2 is 1.75 bits per heavy atom. The molecule has 0 radical (unpaired) electrons. The Hall–Kier alpha value is -3.45. The van der Waals surface area contributed by atoms with Crippen LogP contribution in [-0.4, -0.2) is 64.2 Å². The Labute approximate surface area is 187 Å². The maximum absolute atomic E-state index is 13.5. The van der Waals surface area contributed by atoms with E-state index in [0.29, 0.717) is 26.2 Å². The maximum atomic E-state index is 13.5. The molecular weight excluding hydrogens is 404 g/mol. The Kier molecular flexibility index (Phi) is 5.73. The number of amides is 2. The summed E-state index contributed by atoms with van der Waals surface area (Å²) >= 11 is 0. The lowest BCUT2D eigenvalue weighted by molar-refractivity contribution is -0.135. The van der Waals surface area contributed by atoms with Crippen LogP contribution in [0.4, 0.5) is 0 Å². The van der Waals surface area contributed by atoms with Gasteiger partial charge in [0.25, 0.3) is 5.91 Å². The third-order valence-electron chi connectivity index (χ3n) is 6.27. The van der Waals surface area contributed by atoms with Crippen molar-refractivity contribution in [2.24, 2.45) is 0 Å². The van der Waals surface area contributed by atoms with Gasteiger partial charge in [-0.1, -0.05) is 36.4 Å². The van der Waals surface area contributed by atoms with Gasteiger partial charge in [-0.15, -0.1) is 0 Å². The van der Waals surface area contributed by atoms with Crippen LogP contribution in [0.2, 0.25) is 0 Å². The van der Waals surface area contributed by atoms with Crippen molar-refractivity contribution in [1.29, 1.82) is 0 Å². The first-order valence-corrected chi connectivity index (χ1v) is 11.0. The minimum Gasteiger partial charge on any atom is -0.459 e. The quantitative estimate of drug-likeness (QED) is 0.637. The Morgan fingerprint density at radius 3 is 2.50 bits per heavy atom. The molecule has 0 bridgehead atoms. The number of fused-ring (bicyclic) bond motifs is 1. The molecule has 7 nitrogen and oxygen atoms in total. The molecule has 7 heteroatoms. The first-order valence-electron chi connectivity index (χ1n) is 11.0. The number of pyridine rings is 1. The highest BCUT2D eigenvalue weighted by molar-refractivity contribution is 5.93. The summed E-state index contributed by atoms with van der Waals surface area (Å²) in [5.74, 6) is -0.325. The van der Waals surface area contributed by atoms with Crippen LogP contribution in [0.5, 0.6) is 0 Å². The molecule has 0 N–H and O–H groups in total. The van der Waals surface area contributed by atoms with Crippen LogP contribution in [0.1, 0.15) is 33.3 Å². The molecule has 2 aliphatic heterocycles. The van der Waals surface area contributed by atoms with Crippen LogP contribution in [0.15, 0.2) is 71.5 Å². The summed E-state index contributed by atoms with van der Waals surface area (Å²) in [6.45, 7) is 4.65. The van der Waals surface area contributed by atoms with E-state index in [2.05, 4.69) is 34.1 Å². The second-order valence-corrected chi connectivity index (χ2v) is 8.35. The van der Waals surface area contributed by atoms with Gasteiger partial charge in [0.05, 0.1) is 17.9 Å². The molecular formula is C25H26N4O3. The van der Waals surface area contributed by atoms with E-state index in [1.54, 1.807) is 23.2 Å². The van der Waals surface area contributed by atoms with Crippen molar-refractivity contribution < 1.29 is 14.0 Å². The molecule has 2 amide bonds. The number of furan rings is 1. The van der Waals surface area contributed by atoms with Gasteiger partial charge in [-0.05, 0) is 29.3 Å². The average Bonchev–Trinajstić information content (AvgIpc) is 3.39. The molecule has 0 saturated carbocycles. The summed E-state index contributed by atoms with van der Waals surface area (Å²) in [7, 11) is 0. The van der Waals surface area contributed by atoms with Crippen LogP contribution in [0.25, 0.3) is 0 Å². The van der Waals surface area contributed by atoms with Crippen LogP contribution >= 0.6 is 0 Å². The minimum atomic E-state index is -0.459. The summed E-state index contributed by atoms with van der Waals surface area (Å²) in [5, 5.41) is 0. The lowest BCUT2D eigenvalue weighted by atomic mass is 9.93. The number of rotatable bonds is 4. The smallest absolute Gasteiger partial charge is 0.289 e. The van der Waals surface area contributed by atoms with Crippen LogP contribution in [0, 0.1) is 0 Å². The average molecular weight is 431 g/mol. The van der Waals surface area contributed by atoms with Crippen molar-refractivity contribution in [1.82, 2.24) is 19.7 Å². The van der Waals surface area contributed by atoms with E-state index in [1.165, 1.54) is 11.8 Å². The predicted octanol–water partition coefficient (Wildman–Crippen LogP) is 2.76. The summed E-state index contributed by atoms with van der Waals surface area (Å²) < 4.78 is 5.30. The summed E-state index contributed by atoms with van der Waals surface area (Å²) in [4.78, 5) is 37.0. The fourth-order valence-electron chi connectivity index (χ4n) is 4.57. The lowest BCUT2D eigenvalue weighted by Crippen LogP contribution is -2.52. The SMILES string of the molecule is O=C(c1ccco1)N1Cc2cccnc2C(C(=O)N2CCN(Cc3ccccc3)CC2)C1. The molecule has 2 aliphatic rings. The molecule has 1 unspecified atom stereocenters. The number of hydrogen-bond donors (Lipinski definition) is 0. The van der Waals surface area contributed by atoms with Gasteiger partial charge in [0, 0.05) is 52.0 Å². The summed E-state index contributed by atoms with van der Waals surface area (Å²) in [6, 6.07) is 17.5. The van der Waals surface area contributed by atoms with E-state index >= 15 is 0 Å². The van der Waals surface area contributed by atoms with E-state index in [0.717, 1.165) is 30.9 Å². The number of carbonyl (C=O) groups excluding carboxylic acids is 2. The maximum Gasteiger partial charge on any atom is 0.289 e. The van der Waals surface area contributed by atoms with Gasteiger partial charge in [0.1, 0.15) is 0 Å². The van der Waals surface area contributed by atoms with E-state index in [9.17, 15) is 9.59 Å². The highest BCUT2D eigenvalue weighted by atomic mass is 16.3. The monoisotopic (exact) mass is 430 g/mol. The molecule has 5 rings (SSSR count). The van der Waals surface area contributed by atoms with Gasteiger partial charge < -0.3 is 14.2 Å². The zero-order chi connectivity index (χ0) is 21.9. The molecule has 1 aromatic carbocycles. The van der Waals surface area contributed by atoms with Gasteiger partial charge >= 0.3 is 0 Å². The lowest BCUT2D eigenvalue weighted by Gasteiger charge is -2.39. The summed E-state index contributed by atoms with van der Waals surface area (Å²) in [5.41, 5.74) is 2.98. The van der Waals surface area contributed by atoms with Crippen molar-refractivity contribution in [3.05, 3.63) is 89.6 Å². The second kappa shape index (κ2) is 8.96. The minimum absolute atomic E-state index is 0.0428. The number of piperazine rings is 1. The van der Waals surface area contributed by atoms with Gasteiger partial charge in [-0.3, -0.25) is 19.5 Å². The molecule has 0 aliphatic carbocycles. The number of hydrogen-bond acceptors (Lipinski definition) is 5. The number of nitrogens with zero attached hydrogens (tertiary/aromatic N) is 4. The molecule has 1 fully saturated rings. The second-order valence-electron chi connectivity index (χ2n) is 8.35. The van der Waals surface area contributed by atoms with Gasteiger partial charge in [-0.2, -0.15) is 0 Å². The largest absolute Gasteiger partial charge is 0.459 e. The fraction of sp³-hybridized carbons (Fsp3) is 0.320. The first-order chi connectivity index (χ1) is 15.7. The Bertz CT molecular complexity index is 1080. The summed E-state index contributed by atoms with van der Waals surface area (Å²) in [6.07, 6.45) is 3.21. The van der Waals surface area contributed by atoms with E-state index in [-0.39, 0.29) is 17.6 Å². The highest BCUT2D eigenvalue weighted by Crippen LogP contribution is 2.29. The highest BCUT2D eigenvalue weighted by Gasteiger charge is 2.37. The first kappa shape index (κ1) is 20.5. The van der Waals surface area contributed by atoms with Gasteiger partial charge in [0.2, 0.25) is 5.91 Å². The van der Waals surface area contributed by atoms with Crippen LogP contribution in [0.3, 0.4) is 0 Å². The van der Waals surface area contributed by atoms with E-state index in [1.807, 2.05) is 23.1 Å². The number of benzene rings is 1. The molecule has 0 spiro atoms.